The molecule has 0 bridgehead atoms. The van der Waals surface area contributed by atoms with Crippen LogP contribution in [0.15, 0.2) is 23.0 Å². The fourth-order valence-corrected chi connectivity index (χ4v) is 5.28. The van der Waals surface area contributed by atoms with Gasteiger partial charge in [-0.25, -0.2) is 0 Å². The lowest BCUT2D eigenvalue weighted by atomic mass is 9.50. The molecule has 1 fully saturated rings. The number of carboxylic acid groups (broad SMARTS) is 1. The third kappa shape index (κ3) is 3.38. The van der Waals surface area contributed by atoms with Crippen molar-refractivity contribution in [1.82, 2.24) is 0 Å². The average molecular weight is 390 g/mol. The Hall–Kier alpha value is -2.44. The highest BCUT2D eigenvalue weighted by molar-refractivity contribution is 6.13. The molecule has 3 aliphatic carbocycles. The van der Waals surface area contributed by atoms with Crippen LogP contribution in [0.1, 0.15) is 58.8 Å². The maximum absolute atomic E-state index is 12.8. The molecule has 0 aliphatic heterocycles. The maximum Gasteiger partial charge on any atom is 0.306 e. The Kier molecular flexibility index (Phi) is 5.21. The predicted molar refractivity (Wildman–Crippen MR) is 98.4 cm³/mol. The fourth-order valence-electron chi connectivity index (χ4n) is 5.28. The molecule has 3 atom stereocenters. The Morgan fingerprint density at radius 1 is 1.21 bits per heavy atom. The fraction of sp³-hybridized carbons (Fsp3) is 0.619. The van der Waals surface area contributed by atoms with Gasteiger partial charge >= 0.3 is 11.9 Å². The zero-order valence-corrected chi connectivity index (χ0v) is 16.2. The number of aliphatic hydroxyl groups excluding tert-OH is 1. The van der Waals surface area contributed by atoms with E-state index in [1.807, 2.05) is 13.8 Å². The molecule has 0 radical (unpaired) electrons. The molecule has 0 aromatic rings. The van der Waals surface area contributed by atoms with Crippen LogP contribution >= 0.6 is 0 Å². The average Bonchev–Trinajstić information content (AvgIpc) is 2.62. The number of hydrogen-bond acceptors (Lipinski definition) is 6. The Labute approximate surface area is 163 Å². The van der Waals surface area contributed by atoms with Crippen molar-refractivity contribution in [1.29, 1.82) is 0 Å². The Balaban J connectivity index is 1.91. The molecule has 28 heavy (non-hydrogen) atoms. The first kappa shape index (κ1) is 20.3. The largest absolute Gasteiger partial charge is 0.504 e. The number of Topliss-reactive ketones (excluding diaryl/α,β-unsaturated/α-hetero) is 1. The summed E-state index contributed by atoms with van der Waals surface area (Å²) in [5, 5.41) is 19.5. The minimum absolute atomic E-state index is 0.0155. The van der Waals surface area contributed by atoms with Crippen LogP contribution in [-0.2, 0) is 23.9 Å². The second-order valence-corrected chi connectivity index (χ2v) is 8.60. The molecule has 3 unspecified atom stereocenters. The summed E-state index contributed by atoms with van der Waals surface area (Å²) in [4.78, 5) is 47.2. The van der Waals surface area contributed by atoms with E-state index in [4.69, 9.17) is 9.84 Å². The summed E-state index contributed by atoms with van der Waals surface area (Å²) in [5.74, 6) is -2.74. The van der Waals surface area contributed by atoms with E-state index in [2.05, 4.69) is 0 Å². The first-order valence-corrected chi connectivity index (χ1v) is 9.69. The standard InChI is InChI=1S/C21H26O7/c1-20(11-28-16(25)7-6-15(23)24)8-3-9-21(2)14-5-4-12(22)10-13(14)17(26)18(27)19(20)21/h10,14,27H,3-9,11H2,1-2H3,(H,23,24). The van der Waals surface area contributed by atoms with Crippen LogP contribution in [0.2, 0.25) is 0 Å². The van der Waals surface area contributed by atoms with Gasteiger partial charge in [-0.3, -0.25) is 19.2 Å². The van der Waals surface area contributed by atoms with Crippen LogP contribution in [0, 0.1) is 16.7 Å². The molecule has 3 aliphatic rings. The van der Waals surface area contributed by atoms with E-state index in [1.54, 1.807) is 0 Å². The molecular weight excluding hydrogens is 364 g/mol. The molecule has 2 N–H and O–H groups in total. The minimum atomic E-state index is -1.07. The van der Waals surface area contributed by atoms with E-state index in [-0.39, 0.29) is 36.9 Å². The van der Waals surface area contributed by atoms with Crippen LogP contribution in [0.5, 0.6) is 0 Å². The topological polar surface area (TPSA) is 118 Å². The molecule has 0 saturated heterocycles. The van der Waals surface area contributed by atoms with E-state index in [0.29, 0.717) is 30.4 Å². The van der Waals surface area contributed by atoms with Gasteiger partial charge < -0.3 is 14.9 Å². The van der Waals surface area contributed by atoms with Crippen LogP contribution in [0.3, 0.4) is 0 Å². The molecule has 1 saturated carbocycles. The minimum Gasteiger partial charge on any atom is -0.504 e. The Morgan fingerprint density at radius 2 is 1.93 bits per heavy atom. The number of allylic oxidation sites excluding steroid dienone is 2. The lowest BCUT2D eigenvalue weighted by molar-refractivity contribution is -0.150. The molecule has 0 amide bonds. The van der Waals surface area contributed by atoms with Crippen LogP contribution in [0.4, 0.5) is 0 Å². The first-order chi connectivity index (χ1) is 13.1. The van der Waals surface area contributed by atoms with Gasteiger partial charge in [0, 0.05) is 22.8 Å². The summed E-state index contributed by atoms with van der Waals surface area (Å²) in [7, 11) is 0. The lowest BCUT2D eigenvalue weighted by Crippen LogP contribution is -2.50. The highest BCUT2D eigenvalue weighted by Crippen LogP contribution is 2.61. The number of fused-ring (bicyclic) bond motifs is 3. The maximum atomic E-state index is 12.8. The predicted octanol–water partition coefficient (Wildman–Crippen LogP) is 2.89. The van der Waals surface area contributed by atoms with E-state index in [9.17, 15) is 24.3 Å². The molecule has 152 valence electrons. The number of ether oxygens (including phenoxy) is 1. The van der Waals surface area contributed by atoms with Gasteiger partial charge in [-0.2, -0.15) is 0 Å². The summed E-state index contributed by atoms with van der Waals surface area (Å²) < 4.78 is 5.34. The zero-order valence-electron chi connectivity index (χ0n) is 16.2. The number of esters is 1. The van der Waals surface area contributed by atoms with Crippen LogP contribution in [-0.4, -0.2) is 40.3 Å². The van der Waals surface area contributed by atoms with Gasteiger partial charge in [-0.1, -0.05) is 20.3 Å². The zero-order chi connectivity index (χ0) is 20.7. The van der Waals surface area contributed by atoms with Crippen molar-refractivity contribution in [3.63, 3.8) is 0 Å². The number of aliphatic hydroxyl groups is 1. The van der Waals surface area contributed by atoms with Crippen LogP contribution in [0.25, 0.3) is 0 Å². The quantitative estimate of drug-likeness (QED) is 0.693. The van der Waals surface area contributed by atoms with Crippen molar-refractivity contribution in [2.45, 2.75) is 58.8 Å². The van der Waals surface area contributed by atoms with Gasteiger partial charge in [-0.05, 0) is 36.8 Å². The molecule has 0 heterocycles. The van der Waals surface area contributed by atoms with Crippen LogP contribution < -0.4 is 0 Å². The highest BCUT2D eigenvalue weighted by Gasteiger charge is 2.56. The SMILES string of the molecule is CC1(COC(=O)CCC(=O)O)CCCC2(C)C1=C(O)C(=O)C1=CC(=O)CCC12. The van der Waals surface area contributed by atoms with E-state index >= 15 is 0 Å². The number of aliphatic carboxylic acids is 1. The van der Waals surface area contributed by atoms with Crippen molar-refractivity contribution in [3.05, 3.63) is 23.0 Å². The van der Waals surface area contributed by atoms with Gasteiger partial charge in [-0.15, -0.1) is 0 Å². The summed E-state index contributed by atoms with van der Waals surface area (Å²) in [6.07, 6.45) is 4.07. The molecule has 7 heteroatoms. The third-order valence-electron chi connectivity index (χ3n) is 6.55. The second-order valence-electron chi connectivity index (χ2n) is 8.60. The van der Waals surface area contributed by atoms with Gasteiger partial charge in [0.1, 0.15) is 6.61 Å². The summed E-state index contributed by atoms with van der Waals surface area (Å²) >= 11 is 0. The van der Waals surface area contributed by atoms with Crippen molar-refractivity contribution in [2.24, 2.45) is 16.7 Å². The van der Waals surface area contributed by atoms with Gasteiger partial charge in [0.25, 0.3) is 0 Å². The smallest absolute Gasteiger partial charge is 0.306 e. The number of carbonyl (C=O) groups is 4. The molecule has 0 aromatic carbocycles. The van der Waals surface area contributed by atoms with Crippen molar-refractivity contribution >= 4 is 23.5 Å². The Morgan fingerprint density at radius 3 is 2.61 bits per heavy atom. The number of carboxylic acids is 1. The van der Waals surface area contributed by atoms with Crippen molar-refractivity contribution in [2.75, 3.05) is 6.61 Å². The number of hydrogen-bond donors (Lipinski definition) is 2. The number of carbonyl (C=O) groups excluding carboxylic acids is 3. The Bertz CT molecular complexity index is 806. The molecular formula is C21H26O7. The lowest BCUT2D eigenvalue weighted by Gasteiger charge is -2.54. The summed E-state index contributed by atoms with van der Waals surface area (Å²) in [6.45, 7) is 3.87. The van der Waals surface area contributed by atoms with Crippen molar-refractivity contribution < 1.29 is 34.1 Å². The molecule has 0 spiro atoms. The molecule has 3 rings (SSSR count). The number of ketones is 2. The van der Waals surface area contributed by atoms with Crippen molar-refractivity contribution in [3.8, 4) is 0 Å². The first-order valence-electron chi connectivity index (χ1n) is 9.69. The van der Waals surface area contributed by atoms with E-state index in [1.165, 1.54) is 6.08 Å². The monoisotopic (exact) mass is 390 g/mol. The van der Waals surface area contributed by atoms with Gasteiger partial charge in [0.05, 0.1) is 12.8 Å². The highest BCUT2D eigenvalue weighted by atomic mass is 16.5. The van der Waals surface area contributed by atoms with Gasteiger partial charge in [0.2, 0.25) is 5.78 Å². The van der Waals surface area contributed by atoms with E-state index < -0.39 is 28.6 Å². The summed E-state index contributed by atoms with van der Waals surface area (Å²) in [6, 6.07) is 0. The third-order valence-corrected chi connectivity index (χ3v) is 6.55. The second kappa shape index (κ2) is 7.18. The molecule has 7 nitrogen and oxygen atoms in total. The summed E-state index contributed by atoms with van der Waals surface area (Å²) in [5.41, 5.74) is -0.189. The van der Waals surface area contributed by atoms with Gasteiger partial charge in [0.15, 0.2) is 11.5 Å². The normalized spacial score (nSPS) is 32.4. The molecule has 0 aromatic heterocycles. The van der Waals surface area contributed by atoms with E-state index in [0.717, 1.165) is 12.8 Å². The number of rotatable bonds is 5.